The third-order valence-electron chi connectivity index (χ3n) is 8.66. The molecule has 0 saturated carbocycles. The van der Waals surface area contributed by atoms with Gasteiger partial charge < -0.3 is 19.0 Å². The van der Waals surface area contributed by atoms with Crippen LogP contribution in [-0.2, 0) is 11.3 Å². The van der Waals surface area contributed by atoms with Crippen LogP contribution in [0.15, 0.2) is 82.3 Å². The predicted octanol–water partition coefficient (Wildman–Crippen LogP) is 6.62. The van der Waals surface area contributed by atoms with E-state index in [1.54, 1.807) is 17.4 Å². The summed E-state index contributed by atoms with van der Waals surface area (Å²) < 4.78 is 16.5. The van der Waals surface area contributed by atoms with E-state index in [1.807, 2.05) is 18.3 Å². The zero-order valence-electron chi connectivity index (χ0n) is 23.4. The Balaban J connectivity index is 1.18. The highest BCUT2D eigenvalue weighted by atomic mass is 32.1. The lowest BCUT2D eigenvalue weighted by Gasteiger charge is -2.27. The van der Waals surface area contributed by atoms with E-state index in [0.29, 0.717) is 43.2 Å². The van der Waals surface area contributed by atoms with Crippen LogP contribution in [0, 0.1) is 0 Å². The van der Waals surface area contributed by atoms with Gasteiger partial charge in [0.25, 0.3) is 0 Å². The monoisotopic (exact) mass is 576 g/mol. The summed E-state index contributed by atoms with van der Waals surface area (Å²) in [5.41, 5.74) is 4.95. The van der Waals surface area contributed by atoms with Crippen LogP contribution in [0.2, 0.25) is 0 Å². The number of likely N-dealkylation sites (tertiary alicyclic amines) is 1. The molecular weight excluding hydrogens is 544 g/mol. The molecule has 3 aromatic carbocycles. The van der Waals surface area contributed by atoms with Crippen molar-refractivity contribution in [3.8, 4) is 22.3 Å². The number of benzene rings is 3. The molecule has 5 heterocycles. The number of hydrogen-bond acceptors (Lipinski definition) is 7. The molecule has 8 heteroatoms. The van der Waals surface area contributed by atoms with Crippen molar-refractivity contribution in [1.82, 2.24) is 14.7 Å². The van der Waals surface area contributed by atoms with Gasteiger partial charge in [0, 0.05) is 68.8 Å². The standard InChI is InChI=1S/C34H32N4O3S/c39-30-20-32(37-15-17-40-18-16-37)41-33-25(5-3-8-28(30)33)26-6-4-7-27-29-19-23(9-10-31(29)42-34(26)27)24-21-35-38(22-24)14-13-36-11-1-2-12-36/h3-10,19-22H,1-2,11-18H2. The molecule has 0 atom stereocenters. The zero-order valence-corrected chi connectivity index (χ0v) is 24.2. The first-order chi connectivity index (χ1) is 20.7. The summed E-state index contributed by atoms with van der Waals surface area (Å²) in [7, 11) is 0. The van der Waals surface area contributed by atoms with Crippen LogP contribution in [0.1, 0.15) is 12.8 Å². The Labute approximate surface area is 247 Å². The average Bonchev–Trinajstić information content (AvgIpc) is 3.80. The minimum Gasteiger partial charge on any atom is -0.440 e. The molecule has 212 valence electrons. The number of rotatable bonds is 6. The molecule has 2 aliphatic rings. The first kappa shape index (κ1) is 25.7. The SMILES string of the molecule is O=c1cc(N2CCOCC2)oc2c(-c3cccc4c3sc3ccc(-c5cnn(CCN6CCCC6)c5)cc34)cccc12. The first-order valence-corrected chi connectivity index (χ1v) is 15.6. The van der Waals surface area contributed by atoms with E-state index in [9.17, 15) is 4.79 Å². The van der Waals surface area contributed by atoms with Crippen LogP contribution in [0.5, 0.6) is 0 Å². The summed E-state index contributed by atoms with van der Waals surface area (Å²) >= 11 is 1.79. The topological polar surface area (TPSA) is 63.7 Å². The number of nitrogens with zero attached hydrogens (tertiary/aromatic N) is 4. The maximum absolute atomic E-state index is 13.2. The van der Waals surface area contributed by atoms with Crippen LogP contribution >= 0.6 is 11.3 Å². The van der Waals surface area contributed by atoms with Crippen molar-refractivity contribution >= 4 is 48.4 Å². The number of ether oxygens (including phenoxy) is 1. The number of thiophene rings is 1. The molecule has 6 aromatic rings. The molecule has 2 fully saturated rings. The van der Waals surface area contributed by atoms with Crippen molar-refractivity contribution in [1.29, 1.82) is 0 Å². The van der Waals surface area contributed by atoms with E-state index in [4.69, 9.17) is 9.15 Å². The highest BCUT2D eigenvalue weighted by Gasteiger charge is 2.19. The molecule has 0 spiro atoms. The Kier molecular flexibility index (Phi) is 6.55. The van der Waals surface area contributed by atoms with Crippen LogP contribution in [0.4, 0.5) is 5.88 Å². The van der Waals surface area contributed by atoms with Crippen LogP contribution in [-0.4, -0.2) is 60.6 Å². The quantitative estimate of drug-likeness (QED) is 0.222. The van der Waals surface area contributed by atoms with Gasteiger partial charge in [-0.3, -0.25) is 9.48 Å². The highest BCUT2D eigenvalue weighted by molar-refractivity contribution is 7.26. The fourth-order valence-corrected chi connectivity index (χ4v) is 7.60. The summed E-state index contributed by atoms with van der Waals surface area (Å²) in [5.74, 6) is 0.609. The summed E-state index contributed by atoms with van der Waals surface area (Å²) in [6.45, 7) is 7.07. The molecule has 2 saturated heterocycles. The third-order valence-corrected chi connectivity index (χ3v) is 9.88. The molecule has 0 unspecified atom stereocenters. The summed E-state index contributed by atoms with van der Waals surface area (Å²) in [4.78, 5) is 17.8. The van der Waals surface area contributed by atoms with Gasteiger partial charge in [-0.1, -0.05) is 36.4 Å². The molecule has 7 nitrogen and oxygen atoms in total. The third kappa shape index (κ3) is 4.60. The molecular formula is C34H32N4O3S. The molecule has 0 amide bonds. The Hall–Kier alpha value is -3.98. The van der Waals surface area contributed by atoms with E-state index in [-0.39, 0.29) is 5.43 Å². The normalized spacial score (nSPS) is 16.3. The maximum Gasteiger partial charge on any atom is 0.200 e. The van der Waals surface area contributed by atoms with Crippen LogP contribution < -0.4 is 10.3 Å². The van der Waals surface area contributed by atoms with E-state index >= 15 is 0 Å². The van der Waals surface area contributed by atoms with Gasteiger partial charge in [0.2, 0.25) is 0 Å². The summed E-state index contributed by atoms with van der Waals surface area (Å²) in [5, 5.41) is 7.70. The number of anilines is 1. The molecule has 0 aliphatic carbocycles. The van der Waals surface area contributed by atoms with E-state index < -0.39 is 0 Å². The number of aromatic nitrogens is 2. The van der Waals surface area contributed by atoms with E-state index in [0.717, 1.165) is 29.8 Å². The minimum absolute atomic E-state index is 0.0197. The van der Waals surface area contributed by atoms with Crippen molar-refractivity contribution in [2.24, 2.45) is 0 Å². The molecule has 0 bridgehead atoms. The van der Waals surface area contributed by atoms with Crippen molar-refractivity contribution < 1.29 is 9.15 Å². The van der Waals surface area contributed by atoms with Crippen molar-refractivity contribution in [2.75, 3.05) is 50.8 Å². The lowest BCUT2D eigenvalue weighted by atomic mass is 9.99. The van der Waals surface area contributed by atoms with Crippen molar-refractivity contribution in [3.63, 3.8) is 0 Å². The smallest absolute Gasteiger partial charge is 0.200 e. The molecule has 0 N–H and O–H groups in total. The number of fused-ring (bicyclic) bond motifs is 4. The van der Waals surface area contributed by atoms with Gasteiger partial charge in [0.15, 0.2) is 11.3 Å². The molecule has 2 aliphatic heterocycles. The van der Waals surface area contributed by atoms with E-state index in [1.165, 1.54) is 51.7 Å². The second-order valence-electron chi connectivity index (χ2n) is 11.3. The van der Waals surface area contributed by atoms with Gasteiger partial charge in [-0.25, -0.2) is 0 Å². The number of morpholine rings is 1. The largest absolute Gasteiger partial charge is 0.440 e. The predicted molar refractivity (Wildman–Crippen MR) is 171 cm³/mol. The van der Waals surface area contributed by atoms with Gasteiger partial charge >= 0.3 is 0 Å². The zero-order chi connectivity index (χ0) is 28.0. The number of hydrogen-bond donors (Lipinski definition) is 0. The van der Waals surface area contributed by atoms with Crippen LogP contribution in [0.25, 0.3) is 53.4 Å². The average molecular weight is 577 g/mol. The summed E-state index contributed by atoms with van der Waals surface area (Å²) in [6.07, 6.45) is 6.77. The highest BCUT2D eigenvalue weighted by Crippen LogP contribution is 2.43. The first-order valence-electron chi connectivity index (χ1n) is 14.8. The lowest BCUT2D eigenvalue weighted by molar-refractivity contribution is 0.121. The van der Waals surface area contributed by atoms with Gasteiger partial charge in [-0.05, 0) is 49.7 Å². The Bertz CT molecular complexity index is 1980. The lowest BCUT2D eigenvalue weighted by Crippen LogP contribution is -2.36. The van der Waals surface area contributed by atoms with Gasteiger partial charge in [-0.15, -0.1) is 11.3 Å². The molecule has 8 rings (SSSR count). The maximum atomic E-state index is 13.2. The Morgan fingerprint density at radius 2 is 1.62 bits per heavy atom. The second-order valence-corrected chi connectivity index (χ2v) is 12.3. The number of para-hydroxylation sites is 1. The van der Waals surface area contributed by atoms with Gasteiger partial charge in [0.1, 0.15) is 5.58 Å². The Morgan fingerprint density at radius 1 is 0.810 bits per heavy atom. The molecule has 3 aromatic heterocycles. The minimum atomic E-state index is -0.0197. The fraction of sp³-hybridized carbons (Fsp3) is 0.294. The van der Waals surface area contributed by atoms with Gasteiger partial charge in [0.05, 0.1) is 31.3 Å². The summed E-state index contributed by atoms with van der Waals surface area (Å²) in [6, 6.07) is 20.6. The Morgan fingerprint density at radius 3 is 2.48 bits per heavy atom. The molecule has 0 radical (unpaired) electrons. The molecule has 42 heavy (non-hydrogen) atoms. The van der Waals surface area contributed by atoms with Crippen LogP contribution in [0.3, 0.4) is 0 Å². The van der Waals surface area contributed by atoms with Gasteiger partial charge in [-0.2, -0.15) is 5.10 Å². The van der Waals surface area contributed by atoms with E-state index in [2.05, 4.69) is 68.2 Å². The van der Waals surface area contributed by atoms with Crippen molar-refractivity contribution in [3.05, 3.63) is 83.3 Å². The fourth-order valence-electron chi connectivity index (χ4n) is 6.39. The second kappa shape index (κ2) is 10.7. The van der Waals surface area contributed by atoms with Crippen molar-refractivity contribution in [2.45, 2.75) is 19.4 Å².